The Hall–Kier alpha value is -0.240. The molecule has 1 rings (SSSR count). The fourth-order valence-corrected chi connectivity index (χ4v) is 1.13. The van der Waals surface area contributed by atoms with Gasteiger partial charge in [0.05, 0.1) is 0 Å². The van der Waals surface area contributed by atoms with Gasteiger partial charge in [0.1, 0.15) is 24.4 Å². The molecule has 6 heteroatoms. The van der Waals surface area contributed by atoms with Crippen LogP contribution in [0, 0.1) is 0 Å². The van der Waals surface area contributed by atoms with Gasteiger partial charge in [-0.3, -0.25) is 0 Å². The molecule has 0 radical (unpaired) electrons. The molecule has 0 bridgehead atoms. The van der Waals surface area contributed by atoms with E-state index >= 15 is 0 Å². The van der Waals surface area contributed by atoms with E-state index in [1.54, 1.807) is 0 Å². The summed E-state index contributed by atoms with van der Waals surface area (Å²) in [5.74, 6) is 0. The topological polar surface area (TPSA) is 116 Å². The van der Waals surface area contributed by atoms with Gasteiger partial charge in [-0.2, -0.15) is 0 Å². The van der Waals surface area contributed by atoms with Crippen molar-refractivity contribution < 1.29 is 25.2 Å². The Morgan fingerprint density at radius 2 is 1.58 bits per heavy atom. The third-order valence-corrected chi connectivity index (χ3v) is 1.92. The van der Waals surface area contributed by atoms with Gasteiger partial charge in [0.2, 0.25) is 0 Å². The summed E-state index contributed by atoms with van der Waals surface area (Å²) in [6.07, 6.45) is -6.48. The van der Waals surface area contributed by atoms with Gasteiger partial charge in [-0.1, -0.05) is 0 Å². The predicted octanol–water partition coefficient (Wildman–Crippen LogP) is -3.25. The van der Waals surface area contributed by atoms with Crippen molar-refractivity contribution in [2.24, 2.45) is 5.73 Å². The highest BCUT2D eigenvalue weighted by Crippen LogP contribution is 2.18. The van der Waals surface area contributed by atoms with Crippen LogP contribution in [0.25, 0.3) is 0 Å². The summed E-state index contributed by atoms with van der Waals surface area (Å²) in [6.45, 7) is -0.0258. The van der Waals surface area contributed by atoms with Crippen LogP contribution < -0.4 is 5.73 Å². The zero-order valence-electron chi connectivity index (χ0n) is 6.37. The quantitative estimate of drug-likeness (QED) is 0.288. The molecule has 1 aliphatic heterocycles. The van der Waals surface area contributed by atoms with Gasteiger partial charge in [-0.05, 0) is 0 Å². The van der Waals surface area contributed by atoms with Gasteiger partial charge >= 0.3 is 0 Å². The minimum absolute atomic E-state index is 0.0258. The van der Waals surface area contributed by atoms with Crippen LogP contribution in [0.3, 0.4) is 0 Å². The van der Waals surface area contributed by atoms with Gasteiger partial charge in [-0.15, -0.1) is 0 Å². The average Bonchev–Trinajstić information content (AvgIpc) is 2.08. The Morgan fingerprint density at radius 1 is 1.00 bits per heavy atom. The SMILES string of the molecule is NCC1O[C@@H](O)C(O)[C@@H](O)[C@@H]1O. The summed E-state index contributed by atoms with van der Waals surface area (Å²) in [5.41, 5.74) is 5.17. The van der Waals surface area contributed by atoms with Crippen LogP contribution in [0.4, 0.5) is 0 Å². The van der Waals surface area contributed by atoms with Crippen LogP contribution >= 0.6 is 0 Å². The number of aliphatic hydroxyl groups excluding tert-OH is 4. The van der Waals surface area contributed by atoms with E-state index in [0.717, 1.165) is 0 Å². The molecule has 2 unspecified atom stereocenters. The molecule has 0 amide bonds. The Balaban J connectivity index is 2.63. The second-order valence-corrected chi connectivity index (χ2v) is 2.77. The first-order chi connectivity index (χ1) is 5.57. The molecule has 0 saturated carbocycles. The molecule has 72 valence electrons. The molecule has 1 saturated heterocycles. The molecular weight excluding hydrogens is 166 g/mol. The highest BCUT2D eigenvalue weighted by atomic mass is 16.6. The van der Waals surface area contributed by atoms with Crippen molar-refractivity contribution in [3.8, 4) is 0 Å². The molecule has 0 spiro atoms. The van der Waals surface area contributed by atoms with Crippen molar-refractivity contribution >= 4 is 0 Å². The molecule has 1 fully saturated rings. The first-order valence-corrected chi connectivity index (χ1v) is 3.65. The van der Waals surface area contributed by atoms with Crippen LogP contribution in [0.5, 0.6) is 0 Å². The normalized spacial score (nSPS) is 49.2. The average molecular weight is 179 g/mol. The summed E-state index contributed by atoms with van der Waals surface area (Å²) in [5, 5.41) is 36.3. The van der Waals surface area contributed by atoms with E-state index in [-0.39, 0.29) is 6.54 Å². The van der Waals surface area contributed by atoms with Gasteiger partial charge in [0.15, 0.2) is 6.29 Å². The number of nitrogens with two attached hydrogens (primary N) is 1. The first-order valence-electron chi connectivity index (χ1n) is 3.65. The number of aliphatic hydroxyl groups is 4. The highest BCUT2D eigenvalue weighted by molar-refractivity contribution is 4.88. The maximum absolute atomic E-state index is 9.20. The summed E-state index contributed by atoms with van der Waals surface area (Å²) in [6, 6.07) is 0. The molecule has 0 aromatic carbocycles. The van der Waals surface area contributed by atoms with Crippen molar-refractivity contribution in [3.05, 3.63) is 0 Å². The van der Waals surface area contributed by atoms with E-state index in [9.17, 15) is 5.11 Å². The lowest BCUT2D eigenvalue weighted by Crippen LogP contribution is -2.59. The summed E-state index contributed by atoms with van der Waals surface area (Å²) in [7, 11) is 0. The summed E-state index contributed by atoms with van der Waals surface area (Å²) in [4.78, 5) is 0. The molecule has 6 N–H and O–H groups in total. The van der Waals surface area contributed by atoms with Crippen molar-refractivity contribution in [1.29, 1.82) is 0 Å². The lowest BCUT2D eigenvalue weighted by atomic mass is 9.99. The van der Waals surface area contributed by atoms with Gasteiger partial charge in [0, 0.05) is 6.54 Å². The van der Waals surface area contributed by atoms with Crippen molar-refractivity contribution in [2.45, 2.75) is 30.7 Å². The number of hydrogen-bond acceptors (Lipinski definition) is 6. The van der Waals surface area contributed by atoms with Gasteiger partial charge in [0.25, 0.3) is 0 Å². The molecule has 0 aromatic heterocycles. The summed E-state index contributed by atoms with van der Waals surface area (Å²) < 4.78 is 4.70. The van der Waals surface area contributed by atoms with E-state index < -0.39 is 30.7 Å². The lowest BCUT2D eigenvalue weighted by Gasteiger charge is -2.37. The van der Waals surface area contributed by atoms with E-state index in [4.69, 9.17) is 25.8 Å². The smallest absolute Gasteiger partial charge is 0.184 e. The minimum Gasteiger partial charge on any atom is -0.388 e. The first kappa shape index (κ1) is 9.85. The van der Waals surface area contributed by atoms with E-state index in [1.165, 1.54) is 0 Å². The van der Waals surface area contributed by atoms with Crippen LogP contribution in [-0.2, 0) is 4.74 Å². The molecule has 1 aliphatic rings. The van der Waals surface area contributed by atoms with Crippen molar-refractivity contribution in [2.75, 3.05) is 6.54 Å². The standard InChI is InChI=1S/C6H13NO5/c7-1-2-3(8)4(9)5(10)6(11)12-2/h2-6,8-11H,1,7H2/t2?,3-,4+,5?,6-/m1/s1. The Labute approximate surface area is 69.2 Å². The minimum atomic E-state index is -1.49. The fraction of sp³-hybridized carbons (Fsp3) is 1.00. The molecule has 6 nitrogen and oxygen atoms in total. The second-order valence-electron chi connectivity index (χ2n) is 2.77. The Kier molecular flexibility index (Phi) is 2.99. The second kappa shape index (κ2) is 3.65. The molecule has 1 heterocycles. The van der Waals surface area contributed by atoms with Crippen molar-refractivity contribution in [3.63, 3.8) is 0 Å². The zero-order valence-corrected chi connectivity index (χ0v) is 6.37. The largest absolute Gasteiger partial charge is 0.388 e. The Bertz CT molecular complexity index is 150. The number of ether oxygens (including phenoxy) is 1. The zero-order chi connectivity index (χ0) is 9.30. The number of rotatable bonds is 1. The molecule has 0 aliphatic carbocycles. The predicted molar refractivity (Wildman–Crippen MR) is 38.0 cm³/mol. The van der Waals surface area contributed by atoms with Gasteiger partial charge in [-0.25, -0.2) is 0 Å². The van der Waals surface area contributed by atoms with Crippen LogP contribution in [-0.4, -0.2) is 57.7 Å². The molecule has 12 heavy (non-hydrogen) atoms. The lowest BCUT2D eigenvalue weighted by molar-refractivity contribution is -0.279. The molecule has 5 atom stereocenters. The third kappa shape index (κ3) is 1.58. The van der Waals surface area contributed by atoms with Crippen molar-refractivity contribution in [1.82, 2.24) is 0 Å². The van der Waals surface area contributed by atoms with E-state index in [0.29, 0.717) is 0 Å². The fourth-order valence-electron chi connectivity index (χ4n) is 1.13. The maximum Gasteiger partial charge on any atom is 0.184 e. The highest BCUT2D eigenvalue weighted by Gasteiger charge is 2.42. The molecule has 0 aromatic rings. The van der Waals surface area contributed by atoms with E-state index in [2.05, 4.69) is 0 Å². The summed E-state index contributed by atoms with van der Waals surface area (Å²) >= 11 is 0. The van der Waals surface area contributed by atoms with Gasteiger partial charge < -0.3 is 30.9 Å². The van der Waals surface area contributed by atoms with E-state index in [1.807, 2.05) is 0 Å². The molecular formula is C6H13NO5. The maximum atomic E-state index is 9.20. The number of hydrogen-bond donors (Lipinski definition) is 5. The van der Waals surface area contributed by atoms with Crippen LogP contribution in [0.1, 0.15) is 0 Å². The monoisotopic (exact) mass is 179 g/mol. The van der Waals surface area contributed by atoms with Crippen LogP contribution in [0.15, 0.2) is 0 Å². The van der Waals surface area contributed by atoms with Crippen LogP contribution in [0.2, 0.25) is 0 Å². The Morgan fingerprint density at radius 3 is 2.08 bits per heavy atom. The third-order valence-electron chi connectivity index (χ3n) is 1.92.